The van der Waals surface area contributed by atoms with Crippen LogP contribution in [-0.2, 0) is 32.0 Å². The molecule has 0 spiro atoms. The number of nitrogens with zero attached hydrogens (tertiary/aromatic N) is 1. The van der Waals surface area contributed by atoms with Gasteiger partial charge in [0.2, 0.25) is 11.5 Å². The maximum Gasteiger partial charge on any atom is 0.514 e. The summed E-state index contributed by atoms with van der Waals surface area (Å²) >= 11 is 5.95. The molecule has 0 saturated heterocycles. The van der Waals surface area contributed by atoms with E-state index in [1.165, 1.54) is 7.11 Å². The number of hydrogen-bond donors (Lipinski definition) is 0. The Balaban J connectivity index is 1.40. The van der Waals surface area contributed by atoms with Gasteiger partial charge in [0.05, 0.1) is 13.7 Å². The van der Waals surface area contributed by atoms with Gasteiger partial charge in [-0.15, -0.1) is 0 Å². The molecule has 0 aliphatic carbocycles. The molecule has 8 nitrogen and oxygen atoms in total. The van der Waals surface area contributed by atoms with E-state index in [1.807, 2.05) is 54.6 Å². The molecule has 0 amide bonds. The molecule has 1 heterocycles. The average molecular weight is 550 g/mol. The first-order valence-electron chi connectivity index (χ1n) is 12.3. The van der Waals surface area contributed by atoms with Crippen molar-refractivity contribution in [3.63, 3.8) is 0 Å². The molecule has 0 bridgehead atoms. The normalized spacial score (nSPS) is 12.4. The monoisotopic (exact) mass is 549 g/mol. The number of aryl methyl sites for hydroxylation is 1. The van der Waals surface area contributed by atoms with Crippen molar-refractivity contribution in [3.8, 4) is 17.1 Å². The predicted molar refractivity (Wildman–Crippen MR) is 144 cm³/mol. The minimum atomic E-state index is -0.863. The Labute approximate surface area is 231 Å². The molecule has 0 N–H and O–H groups in total. The molecule has 0 radical (unpaired) electrons. The summed E-state index contributed by atoms with van der Waals surface area (Å²) in [6.45, 7) is 3.61. The van der Waals surface area contributed by atoms with Gasteiger partial charge in [0.25, 0.3) is 0 Å². The lowest BCUT2D eigenvalue weighted by Crippen LogP contribution is -2.28. The molecular formula is C30H28ClNO7. The first-order chi connectivity index (χ1) is 18.8. The smallest absolute Gasteiger partial charge is 0.467 e. The molecular weight excluding hydrogens is 522 g/mol. The number of esters is 1. The van der Waals surface area contributed by atoms with Crippen molar-refractivity contribution in [1.82, 2.24) is 5.16 Å². The largest absolute Gasteiger partial charge is 0.514 e. The summed E-state index contributed by atoms with van der Waals surface area (Å²) in [5, 5.41) is 4.56. The van der Waals surface area contributed by atoms with Gasteiger partial charge in [-0.25, -0.2) is 9.59 Å². The van der Waals surface area contributed by atoms with Gasteiger partial charge in [0.1, 0.15) is 11.8 Å². The number of ether oxygens (including phenoxy) is 4. The summed E-state index contributed by atoms with van der Waals surface area (Å²) in [7, 11) is 1.33. The predicted octanol–water partition coefficient (Wildman–Crippen LogP) is 6.88. The van der Waals surface area contributed by atoms with Crippen molar-refractivity contribution in [2.24, 2.45) is 0 Å². The second-order valence-corrected chi connectivity index (χ2v) is 9.24. The van der Waals surface area contributed by atoms with Crippen LogP contribution in [0.5, 0.6) is 5.75 Å². The first-order valence-corrected chi connectivity index (χ1v) is 12.6. The summed E-state index contributed by atoms with van der Waals surface area (Å²) in [5.41, 5.74) is 3.61. The van der Waals surface area contributed by atoms with Gasteiger partial charge in [-0.2, -0.15) is 0 Å². The van der Waals surface area contributed by atoms with Crippen LogP contribution in [-0.4, -0.2) is 30.5 Å². The summed E-state index contributed by atoms with van der Waals surface area (Å²) in [6.07, 6.45) is -1.79. The molecule has 202 valence electrons. The minimum Gasteiger partial charge on any atom is -0.467 e. The molecule has 0 fully saturated rings. The van der Waals surface area contributed by atoms with Crippen molar-refractivity contribution in [2.45, 2.75) is 39.1 Å². The summed E-state index contributed by atoms with van der Waals surface area (Å²) < 4.78 is 27.1. The van der Waals surface area contributed by atoms with Crippen molar-refractivity contribution < 1.29 is 33.1 Å². The highest BCUT2D eigenvalue weighted by atomic mass is 35.5. The number of methoxy groups -OCH3 is 1. The fourth-order valence-corrected chi connectivity index (χ4v) is 3.96. The van der Waals surface area contributed by atoms with Crippen molar-refractivity contribution in [2.75, 3.05) is 7.11 Å². The highest BCUT2D eigenvalue weighted by Gasteiger charge is 2.23. The topological polar surface area (TPSA) is 97.1 Å². The fourth-order valence-electron chi connectivity index (χ4n) is 3.83. The number of halogens is 1. The number of carbonyl (C=O) groups is 2. The van der Waals surface area contributed by atoms with E-state index in [-0.39, 0.29) is 12.4 Å². The SMILES string of the molecule is COC(=O)C(Cc1ccc(Cl)cc1)OCc1ccc(-c2onc(C)c2OC(=O)O[C@H](C)c2ccccc2)cc1. The Morgan fingerprint density at radius 1 is 0.949 bits per heavy atom. The summed E-state index contributed by atoms with van der Waals surface area (Å²) in [6, 6.07) is 23.8. The Morgan fingerprint density at radius 3 is 2.28 bits per heavy atom. The van der Waals surface area contributed by atoms with Crippen LogP contribution in [0.4, 0.5) is 4.79 Å². The van der Waals surface area contributed by atoms with Gasteiger partial charge in [0.15, 0.2) is 6.10 Å². The highest BCUT2D eigenvalue weighted by molar-refractivity contribution is 6.30. The van der Waals surface area contributed by atoms with Crippen LogP contribution >= 0.6 is 11.6 Å². The van der Waals surface area contributed by atoms with E-state index in [0.717, 1.165) is 16.7 Å². The van der Waals surface area contributed by atoms with Crippen LogP contribution in [0.15, 0.2) is 83.4 Å². The fraction of sp³-hybridized carbons (Fsp3) is 0.233. The van der Waals surface area contributed by atoms with Gasteiger partial charge in [-0.3, -0.25) is 0 Å². The van der Waals surface area contributed by atoms with Crippen molar-refractivity contribution in [1.29, 1.82) is 0 Å². The molecule has 0 aliphatic heterocycles. The zero-order valence-corrected chi connectivity index (χ0v) is 22.5. The molecule has 1 aromatic heterocycles. The Hall–Kier alpha value is -4.14. The molecule has 39 heavy (non-hydrogen) atoms. The second-order valence-electron chi connectivity index (χ2n) is 8.80. The van der Waals surface area contributed by atoms with Crippen LogP contribution in [0.1, 0.15) is 35.4 Å². The quantitative estimate of drug-likeness (QED) is 0.197. The zero-order valence-electron chi connectivity index (χ0n) is 21.8. The Bertz CT molecular complexity index is 1390. The third-order valence-electron chi connectivity index (χ3n) is 6.00. The van der Waals surface area contributed by atoms with E-state index in [9.17, 15) is 9.59 Å². The summed E-state index contributed by atoms with van der Waals surface area (Å²) in [4.78, 5) is 24.8. The molecule has 4 aromatic rings. The standard InChI is InChI=1S/C30H28ClNO7/c1-19-27(38-30(34)37-20(2)23-7-5-4-6-8-23)28(39-32-19)24-13-9-22(10-14-24)18-36-26(29(33)35-3)17-21-11-15-25(31)16-12-21/h4-16,20,26H,17-18H2,1-3H3/t20-,26?/m1/s1. The maximum absolute atomic E-state index is 12.5. The lowest BCUT2D eigenvalue weighted by Gasteiger charge is -2.16. The Morgan fingerprint density at radius 2 is 1.62 bits per heavy atom. The minimum absolute atomic E-state index is 0.177. The van der Waals surface area contributed by atoms with Crippen molar-refractivity contribution in [3.05, 3.63) is 106 Å². The zero-order chi connectivity index (χ0) is 27.8. The van der Waals surface area contributed by atoms with E-state index in [4.69, 9.17) is 35.1 Å². The summed E-state index contributed by atoms with van der Waals surface area (Å²) in [5.74, 6) is 0.00593. The first kappa shape index (κ1) is 27.9. The van der Waals surface area contributed by atoms with Gasteiger partial charge in [-0.1, -0.05) is 83.5 Å². The third kappa shape index (κ3) is 7.46. The lowest BCUT2D eigenvalue weighted by molar-refractivity contribution is -0.154. The van der Waals surface area contributed by atoms with Gasteiger partial charge in [0, 0.05) is 17.0 Å². The van der Waals surface area contributed by atoms with E-state index < -0.39 is 24.3 Å². The van der Waals surface area contributed by atoms with Gasteiger partial charge in [-0.05, 0) is 42.7 Å². The van der Waals surface area contributed by atoms with Crippen LogP contribution < -0.4 is 4.74 Å². The van der Waals surface area contributed by atoms with Crippen LogP contribution in [0.2, 0.25) is 5.02 Å². The van der Waals surface area contributed by atoms with Crippen LogP contribution in [0.3, 0.4) is 0 Å². The molecule has 2 atom stereocenters. The van der Waals surface area contributed by atoms with Crippen molar-refractivity contribution >= 4 is 23.7 Å². The molecule has 0 aliphatic rings. The lowest BCUT2D eigenvalue weighted by atomic mass is 10.1. The van der Waals surface area contributed by atoms with E-state index in [1.54, 1.807) is 38.1 Å². The molecule has 9 heteroatoms. The van der Waals surface area contributed by atoms with E-state index >= 15 is 0 Å². The molecule has 0 saturated carbocycles. The number of benzene rings is 3. The molecule has 4 rings (SSSR count). The van der Waals surface area contributed by atoms with Gasteiger partial charge < -0.3 is 23.5 Å². The van der Waals surface area contributed by atoms with Gasteiger partial charge >= 0.3 is 12.1 Å². The Kier molecular flexibility index (Phi) is 9.35. The number of aromatic nitrogens is 1. The third-order valence-corrected chi connectivity index (χ3v) is 6.25. The van der Waals surface area contributed by atoms with Crippen LogP contribution in [0, 0.1) is 6.92 Å². The molecule has 1 unspecified atom stereocenters. The number of hydrogen-bond acceptors (Lipinski definition) is 8. The maximum atomic E-state index is 12.5. The van der Waals surface area contributed by atoms with E-state index in [2.05, 4.69) is 5.16 Å². The molecule has 3 aromatic carbocycles. The number of rotatable bonds is 10. The number of carbonyl (C=O) groups excluding carboxylic acids is 2. The van der Waals surface area contributed by atoms with E-state index in [0.29, 0.717) is 28.5 Å². The highest BCUT2D eigenvalue weighted by Crippen LogP contribution is 2.34. The van der Waals surface area contributed by atoms with Crippen LogP contribution in [0.25, 0.3) is 11.3 Å². The average Bonchev–Trinajstić information content (AvgIpc) is 3.31. The second kappa shape index (κ2) is 13.1.